The van der Waals surface area contributed by atoms with E-state index in [1.807, 2.05) is 0 Å². The van der Waals surface area contributed by atoms with Crippen molar-refractivity contribution in [2.24, 2.45) is 10.2 Å². The van der Waals surface area contributed by atoms with E-state index in [2.05, 4.69) is 21.1 Å². The van der Waals surface area contributed by atoms with Crippen molar-refractivity contribution in [1.29, 1.82) is 0 Å². The molecule has 0 spiro atoms. The number of methoxy groups -OCH3 is 2. The molecule has 0 aliphatic heterocycles. The van der Waals surface area contributed by atoms with Crippen LogP contribution in [0.15, 0.2) is 70.9 Å². The van der Waals surface area contributed by atoms with Crippen LogP contribution >= 0.6 is 11.6 Å². The van der Waals surface area contributed by atoms with E-state index in [0.717, 1.165) is 0 Å². The average Bonchev–Trinajstić information content (AvgIpc) is 2.93. The van der Waals surface area contributed by atoms with E-state index in [0.29, 0.717) is 23.0 Å². The zero-order valence-corrected chi connectivity index (χ0v) is 21.3. The Kier molecular flexibility index (Phi) is 10.3. The molecule has 0 fully saturated rings. The summed E-state index contributed by atoms with van der Waals surface area (Å²) < 4.78 is 20.9. The topological polar surface area (TPSA) is 140 Å². The number of nitrogens with zero attached hydrogens (tertiary/aromatic N) is 2. The van der Waals surface area contributed by atoms with Gasteiger partial charge in [-0.1, -0.05) is 11.6 Å². The van der Waals surface area contributed by atoms with Crippen molar-refractivity contribution < 1.29 is 33.6 Å². The number of benzene rings is 3. The van der Waals surface area contributed by atoms with Gasteiger partial charge in [-0.05, 0) is 60.7 Å². The molecule has 198 valence electrons. The van der Waals surface area contributed by atoms with Crippen LogP contribution in [0.25, 0.3) is 0 Å². The highest BCUT2D eigenvalue weighted by atomic mass is 35.5. The van der Waals surface area contributed by atoms with Crippen LogP contribution in [0.3, 0.4) is 0 Å². The molecule has 0 aliphatic carbocycles. The normalized spacial score (nSPS) is 10.8. The minimum Gasteiger partial charge on any atom is -0.507 e. The molecule has 0 heterocycles. The van der Waals surface area contributed by atoms with Crippen LogP contribution in [-0.4, -0.2) is 56.8 Å². The molecule has 0 aromatic heterocycles. The maximum Gasteiger partial charge on any atom is 0.277 e. The summed E-state index contributed by atoms with van der Waals surface area (Å²) in [6.45, 7) is -0.546. The number of amides is 2. The van der Waals surface area contributed by atoms with Crippen LogP contribution in [0.1, 0.15) is 11.1 Å². The van der Waals surface area contributed by atoms with Crippen LogP contribution in [0.2, 0.25) is 5.02 Å². The van der Waals surface area contributed by atoms with Gasteiger partial charge in [0.05, 0.1) is 26.6 Å². The van der Waals surface area contributed by atoms with Gasteiger partial charge in [0.15, 0.2) is 13.2 Å². The lowest BCUT2D eigenvalue weighted by molar-refractivity contribution is -0.123. The Morgan fingerprint density at radius 1 is 0.763 bits per heavy atom. The first kappa shape index (κ1) is 27.8. The number of aromatic hydroxyl groups is 1. The molecular weight excluding hydrogens is 516 g/mol. The van der Waals surface area contributed by atoms with E-state index in [1.54, 1.807) is 62.8 Å². The third-order valence-corrected chi connectivity index (χ3v) is 5.00. The zero-order valence-electron chi connectivity index (χ0n) is 20.5. The number of hydrogen-bond acceptors (Lipinski definition) is 9. The summed E-state index contributed by atoms with van der Waals surface area (Å²) in [7, 11) is 3.10. The molecule has 0 unspecified atom stereocenters. The standard InChI is InChI=1S/C26H25ClN4O7/c1-35-20-3-7-22(8-4-20)37-15-24(32)30-28-13-17-11-19(27)12-18(26(17)34)14-29-31-25(33)16-38-23-9-5-21(36-2)6-10-23/h3-14,34H,15-16H2,1-2H3,(H,30,32)(H,31,33)/b28-13+,29-14?. The van der Waals surface area contributed by atoms with Crippen LogP contribution in [0, 0.1) is 0 Å². The lowest BCUT2D eigenvalue weighted by atomic mass is 10.1. The molecule has 3 aromatic carbocycles. The first-order valence-electron chi connectivity index (χ1n) is 11.1. The van der Waals surface area contributed by atoms with Crippen molar-refractivity contribution in [2.75, 3.05) is 27.4 Å². The van der Waals surface area contributed by atoms with Crippen molar-refractivity contribution in [3.05, 3.63) is 76.8 Å². The molecular formula is C26H25ClN4O7. The average molecular weight is 541 g/mol. The summed E-state index contributed by atoms with van der Waals surface area (Å²) in [6.07, 6.45) is 2.43. The van der Waals surface area contributed by atoms with Gasteiger partial charge in [0.1, 0.15) is 28.7 Å². The van der Waals surface area contributed by atoms with E-state index in [9.17, 15) is 14.7 Å². The first-order chi connectivity index (χ1) is 18.4. The Morgan fingerprint density at radius 3 is 1.50 bits per heavy atom. The minimum atomic E-state index is -0.514. The van der Waals surface area contributed by atoms with Crippen LogP contribution in [0.5, 0.6) is 28.7 Å². The van der Waals surface area contributed by atoms with E-state index < -0.39 is 11.8 Å². The summed E-state index contributed by atoms with van der Waals surface area (Å²) >= 11 is 6.12. The monoisotopic (exact) mass is 540 g/mol. The number of phenolic OH excluding ortho intramolecular Hbond substituents is 1. The lowest BCUT2D eigenvalue weighted by Crippen LogP contribution is -2.24. The van der Waals surface area contributed by atoms with Crippen LogP contribution < -0.4 is 29.8 Å². The van der Waals surface area contributed by atoms with Crippen LogP contribution in [0.4, 0.5) is 0 Å². The summed E-state index contributed by atoms with van der Waals surface area (Å²) in [5, 5.41) is 18.4. The van der Waals surface area contributed by atoms with Gasteiger partial charge >= 0.3 is 0 Å². The molecule has 0 saturated carbocycles. The third kappa shape index (κ3) is 8.71. The fourth-order valence-corrected chi connectivity index (χ4v) is 3.13. The number of nitrogens with one attached hydrogen (secondary N) is 2. The van der Waals surface area contributed by atoms with Crippen molar-refractivity contribution in [3.63, 3.8) is 0 Å². The highest BCUT2D eigenvalue weighted by molar-refractivity contribution is 6.31. The van der Waals surface area contributed by atoms with Gasteiger partial charge in [0.2, 0.25) is 0 Å². The summed E-state index contributed by atoms with van der Waals surface area (Å²) in [5.41, 5.74) is 5.02. The van der Waals surface area contributed by atoms with Gasteiger partial charge in [-0.2, -0.15) is 10.2 Å². The second-order valence-corrected chi connectivity index (χ2v) is 7.88. The maximum absolute atomic E-state index is 12.0. The highest BCUT2D eigenvalue weighted by Crippen LogP contribution is 2.25. The largest absolute Gasteiger partial charge is 0.507 e. The SMILES string of the molecule is COc1ccc(OCC(=O)NN=Cc2cc(Cl)cc(/C=N/NC(=O)COc3ccc(OC)cc3)c2O)cc1. The van der Waals surface area contributed by atoms with Gasteiger partial charge < -0.3 is 24.1 Å². The zero-order chi connectivity index (χ0) is 27.3. The van der Waals surface area contributed by atoms with Gasteiger partial charge in [-0.25, -0.2) is 10.9 Å². The van der Waals surface area contributed by atoms with Gasteiger partial charge in [-0.3, -0.25) is 9.59 Å². The summed E-state index contributed by atoms with van der Waals surface area (Å²) in [5.74, 6) is 1.06. The number of rotatable bonds is 12. The number of hydrogen-bond donors (Lipinski definition) is 3. The molecule has 0 saturated heterocycles. The predicted molar refractivity (Wildman–Crippen MR) is 142 cm³/mol. The molecule has 11 nitrogen and oxygen atoms in total. The molecule has 0 aliphatic rings. The first-order valence-corrected chi connectivity index (χ1v) is 11.5. The number of carbonyl (C=O) groups is 2. The van der Waals surface area contributed by atoms with Crippen molar-refractivity contribution in [1.82, 2.24) is 10.9 Å². The second-order valence-electron chi connectivity index (χ2n) is 7.45. The van der Waals surface area contributed by atoms with E-state index in [1.165, 1.54) is 24.6 Å². The number of ether oxygens (including phenoxy) is 4. The minimum absolute atomic E-state index is 0.212. The maximum atomic E-state index is 12.0. The fraction of sp³-hybridized carbons (Fsp3) is 0.154. The molecule has 3 rings (SSSR count). The van der Waals surface area contributed by atoms with E-state index >= 15 is 0 Å². The molecule has 0 bridgehead atoms. The predicted octanol–water partition coefficient (Wildman–Crippen LogP) is 3.12. The second kappa shape index (κ2) is 14.1. The van der Waals surface area contributed by atoms with Crippen LogP contribution in [-0.2, 0) is 9.59 Å². The highest BCUT2D eigenvalue weighted by Gasteiger charge is 2.08. The Bertz CT molecular complexity index is 1200. The smallest absolute Gasteiger partial charge is 0.277 e. The third-order valence-electron chi connectivity index (χ3n) is 4.78. The van der Waals surface area contributed by atoms with Crippen molar-refractivity contribution in [2.45, 2.75) is 0 Å². The van der Waals surface area contributed by atoms with E-state index in [-0.39, 0.29) is 35.1 Å². The van der Waals surface area contributed by atoms with Crippen molar-refractivity contribution in [3.8, 4) is 28.7 Å². The van der Waals surface area contributed by atoms with E-state index in [4.69, 9.17) is 30.5 Å². The molecule has 0 radical (unpaired) electrons. The summed E-state index contributed by atoms with van der Waals surface area (Å²) in [6, 6.07) is 16.4. The van der Waals surface area contributed by atoms with Crippen molar-refractivity contribution >= 4 is 35.8 Å². The Labute approximate surface area is 223 Å². The summed E-state index contributed by atoms with van der Waals surface area (Å²) in [4.78, 5) is 24.0. The van der Waals surface area contributed by atoms with Gasteiger partial charge in [-0.15, -0.1) is 0 Å². The number of halogens is 1. The molecule has 3 N–H and O–H groups in total. The molecule has 3 aromatic rings. The lowest BCUT2D eigenvalue weighted by Gasteiger charge is -2.07. The van der Waals surface area contributed by atoms with Gasteiger partial charge in [0.25, 0.3) is 11.8 Å². The molecule has 38 heavy (non-hydrogen) atoms. The number of phenols is 1. The quantitative estimate of drug-likeness (QED) is 0.237. The molecule has 12 heteroatoms. The molecule has 2 amide bonds. The Morgan fingerprint density at radius 2 is 1.13 bits per heavy atom. The Hall–Kier alpha value is -4.77. The van der Waals surface area contributed by atoms with Gasteiger partial charge in [0, 0.05) is 16.1 Å². The molecule has 0 atom stereocenters. The Balaban J connectivity index is 1.49. The fourth-order valence-electron chi connectivity index (χ4n) is 2.89. The number of carbonyl (C=O) groups excluding carboxylic acids is 2. The number of hydrazone groups is 2.